The van der Waals surface area contributed by atoms with E-state index in [9.17, 15) is 9.59 Å². The van der Waals surface area contributed by atoms with Gasteiger partial charge in [0.05, 0.1) is 0 Å². The second-order valence-corrected chi connectivity index (χ2v) is 2.86. The number of rotatable bonds is 6. The van der Waals surface area contributed by atoms with Crippen LogP contribution in [0.15, 0.2) is 0 Å². The molecule has 0 aromatic heterocycles. The molecule has 2 amide bonds. The zero-order chi connectivity index (χ0) is 11.0. The first-order chi connectivity index (χ1) is 6.57. The predicted molar refractivity (Wildman–Crippen MR) is 49.7 cm³/mol. The zero-order valence-electron chi connectivity index (χ0n) is 8.45. The normalized spacial score (nSPS) is 9.57. The molecule has 0 rings (SSSR count). The molecule has 0 heterocycles. The number of nitrogens with zero attached hydrogens (tertiary/aromatic N) is 1. The van der Waals surface area contributed by atoms with Gasteiger partial charge in [-0.15, -0.1) is 0 Å². The lowest BCUT2D eigenvalue weighted by molar-refractivity contribution is -0.144. The molecule has 0 radical (unpaired) electrons. The smallest absolute Gasteiger partial charge is 0.341 e. The van der Waals surface area contributed by atoms with Crippen LogP contribution in [0, 0.1) is 0 Å². The quantitative estimate of drug-likeness (QED) is 0.615. The van der Waals surface area contributed by atoms with E-state index in [2.05, 4.69) is 4.84 Å². The van der Waals surface area contributed by atoms with Crippen molar-refractivity contribution in [2.75, 3.05) is 20.2 Å². The Hall–Kier alpha value is -1.30. The second-order valence-electron chi connectivity index (χ2n) is 2.86. The lowest BCUT2D eigenvalue weighted by Crippen LogP contribution is -2.38. The van der Waals surface area contributed by atoms with Crippen LogP contribution in [0.2, 0.25) is 0 Å². The monoisotopic (exact) mass is 204 g/mol. The number of aliphatic carboxylic acids is 1. The molecule has 0 aliphatic heterocycles. The SMILES string of the molecule is CCCCN(C)C(=O)NOCC(=O)O. The van der Waals surface area contributed by atoms with Crippen LogP contribution in [-0.2, 0) is 9.63 Å². The van der Waals surface area contributed by atoms with Crippen LogP contribution in [0.25, 0.3) is 0 Å². The number of carbonyl (C=O) groups is 2. The van der Waals surface area contributed by atoms with Crippen LogP contribution in [-0.4, -0.2) is 42.2 Å². The van der Waals surface area contributed by atoms with Crippen molar-refractivity contribution in [2.45, 2.75) is 19.8 Å². The fraction of sp³-hybridized carbons (Fsp3) is 0.750. The van der Waals surface area contributed by atoms with Crippen molar-refractivity contribution < 1.29 is 19.5 Å². The number of hydrogen-bond acceptors (Lipinski definition) is 3. The molecular formula is C8H16N2O4. The standard InChI is InChI=1S/C8H16N2O4/c1-3-4-5-10(2)8(13)9-14-6-7(11)12/h3-6H2,1-2H3,(H,9,13)(H,11,12). The Morgan fingerprint density at radius 2 is 2.14 bits per heavy atom. The summed E-state index contributed by atoms with van der Waals surface area (Å²) in [6.45, 7) is 2.11. The largest absolute Gasteiger partial charge is 0.479 e. The Balaban J connectivity index is 3.56. The third kappa shape index (κ3) is 6.24. The lowest BCUT2D eigenvalue weighted by atomic mass is 10.3. The summed E-state index contributed by atoms with van der Waals surface area (Å²) in [6.07, 6.45) is 1.90. The Morgan fingerprint density at radius 1 is 1.50 bits per heavy atom. The van der Waals surface area contributed by atoms with Gasteiger partial charge in [-0.25, -0.2) is 15.1 Å². The first-order valence-electron chi connectivity index (χ1n) is 4.42. The number of carboxylic acids is 1. The molecule has 2 N–H and O–H groups in total. The maximum absolute atomic E-state index is 11.1. The summed E-state index contributed by atoms with van der Waals surface area (Å²) in [5.74, 6) is -1.12. The van der Waals surface area contributed by atoms with Gasteiger partial charge in [0.25, 0.3) is 0 Å². The average molecular weight is 204 g/mol. The van der Waals surface area contributed by atoms with Gasteiger partial charge in [0, 0.05) is 13.6 Å². The number of nitrogens with one attached hydrogen (secondary N) is 1. The third-order valence-corrected chi connectivity index (χ3v) is 1.55. The van der Waals surface area contributed by atoms with E-state index < -0.39 is 18.6 Å². The zero-order valence-corrected chi connectivity index (χ0v) is 8.45. The number of urea groups is 1. The third-order valence-electron chi connectivity index (χ3n) is 1.55. The Kier molecular flexibility index (Phi) is 6.47. The molecule has 0 aliphatic rings. The van der Waals surface area contributed by atoms with Gasteiger partial charge in [0.15, 0.2) is 6.61 Å². The minimum atomic E-state index is -1.12. The van der Waals surface area contributed by atoms with Crippen LogP contribution in [0.4, 0.5) is 4.79 Å². The van der Waals surface area contributed by atoms with Crippen molar-refractivity contribution in [3.8, 4) is 0 Å². The van der Waals surface area contributed by atoms with E-state index in [1.807, 2.05) is 12.4 Å². The van der Waals surface area contributed by atoms with Gasteiger partial charge in [-0.1, -0.05) is 13.3 Å². The topological polar surface area (TPSA) is 78.9 Å². The molecule has 82 valence electrons. The number of carboxylic acid groups (broad SMARTS) is 1. The maximum atomic E-state index is 11.1. The van der Waals surface area contributed by atoms with Gasteiger partial charge in [-0.3, -0.25) is 4.84 Å². The van der Waals surface area contributed by atoms with Crippen LogP contribution >= 0.6 is 0 Å². The molecular weight excluding hydrogens is 188 g/mol. The summed E-state index contributed by atoms with van der Waals surface area (Å²) in [5, 5.41) is 8.22. The number of unbranched alkanes of at least 4 members (excludes halogenated alkanes) is 1. The van der Waals surface area contributed by atoms with E-state index in [0.29, 0.717) is 6.54 Å². The van der Waals surface area contributed by atoms with Crippen molar-refractivity contribution in [1.82, 2.24) is 10.4 Å². The van der Waals surface area contributed by atoms with Crippen LogP contribution in [0.5, 0.6) is 0 Å². The van der Waals surface area contributed by atoms with Crippen molar-refractivity contribution in [1.29, 1.82) is 0 Å². The number of carbonyl (C=O) groups excluding carboxylic acids is 1. The van der Waals surface area contributed by atoms with Gasteiger partial charge >= 0.3 is 12.0 Å². The molecule has 0 aromatic carbocycles. The summed E-state index contributed by atoms with van der Waals surface area (Å²) in [4.78, 5) is 27.0. The second kappa shape index (κ2) is 7.14. The fourth-order valence-electron chi connectivity index (χ4n) is 0.734. The summed E-state index contributed by atoms with van der Waals surface area (Å²) < 4.78 is 0. The minimum Gasteiger partial charge on any atom is -0.479 e. The average Bonchev–Trinajstić information content (AvgIpc) is 2.13. The Bertz CT molecular complexity index is 196. The molecule has 0 spiro atoms. The van der Waals surface area contributed by atoms with Crippen LogP contribution in [0.3, 0.4) is 0 Å². The molecule has 6 nitrogen and oxygen atoms in total. The highest BCUT2D eigenvalue weighted by Crippen LogP contribution is 1.91. The Labute approximate surface area is 82.8 Å². The van der Waals surface area contributed by atoms with Gasteiger partial charge < -0.3 is 10.0 Å². The molecule has 14 heavy (non-hydrogen) atoms. The molecule has 0 aliphatic carbocycles. The summed E-state index contributed by atoms with van der Waals surface area (Å²) in [7, 11) is 1.62. The lowest BCUT2D eigenvalue weighted by Gasteiger charge is -2.16. The van der Waals surface area contributed by atoms with Gasteiger partial charge in [0.2, 0.25) is 0 Å². The summed E-state index contributed by atoms with van der Waals surface area (Å²) >= 11 is 0. The first-order valence-corrected chi connectivity index (χ1v) is 4.42. The van der Waals surface area contributed by atoms with E-state index in [1.54, 1.807) is 7.05 Å². The molecule has 6 heteroatoms. The summed E-state index contributed by atoms with van der Waals surface area (Å²) in [6, 6.07) is -0.431. The molecule has 0 fully saturated rings. The summed E-state index contributed by atoms with van der Waals surface area (Å²) in [5.41, 5.74) is 2.03. The van der Waals surface area contributed by atoms with E-state index >= 15 is 0 Å². The number of hydroxylamine groups is 1. The molecule has 0 saturated heterocycles. The highest BCUT2D eigenvalue weighted by atomic mass is 16.7. The van der Waals surface area contributed by atoms with Gasteiger partial charge in [-0.2, -0.15) is 0 Å². The van der Waals surface area contributed by atoms with Crippen LogP contribution in [0.1, 0.15) is 19.8 Å². The molecule has 0 saturated carbocycles. The van der Waals surface area contributed by atoms with E-state index in [0.717, 1.165) is 12.8 Å². The predicted octanol–water partition coefficient (Wildman–Crippen LogP) is 0.444. The number of hydrogen-bond donors (Lipinski definition) is 2. The molecule has 0 aromatic rings. The highest BCUT2D eigenvalue weighted by Gasteiger charge is 2.07. The van der Waals surface area contributed by atoms with E-state index in [4.69, 9.17) is 5.11 Å². The Morgan fingerprint density at radius 3 is 2.64 bits per heavy atom. The minimum absolute atomic E-state index is 0.431. The van der Waals surface area contributed by atoms with Crippen molar-refractivity contribution in [3.63, 3.8) is 0 Å². The van der Waals surface area contributed by atoms with E-state index in [-0.39, 0.29) is 0 Å². The molecule has 0 atom stereocenters. The van der Waals surface area contributed by atoms with Crippen molar-refractivity contribution in [2.24, 2.45) is 0 Å². The van der Waals surface area contributed by atoms with Crippen molar-refractivity contribution >= 4 is 12.0 Å². The van der Waals surface area contributed by atoms with Gasteiger partial charge in [0.1, 0.15) is 0 Å². The highest BCUT2D eigenvalue weighted by molar-refractivity contribution is 5.73. The maximum Gasteiger partial charge on any atom is 0.341 e. The molecule has 0 bridgehead atoms. The molecule has 0 unspecified atom stereocenters. The van der Waals surface area contributed by atoms with Crippen LogP contribution < -0.4 is 5.48 Å². The first kappa shape index (κ1) is 12.7. The van der Waals surface area contributed by atoms with Crippen molar-refractivity contribution in [3.05, 3.63) is 0 Å². The fourth-order valence-corrected chi connectivity index (χ4v) is 0.734. The van der Waals surface area contributed by atoms with Gasteiger partial charge in [-0.05, 0) is 6.42 Å². The number of amides is 2. The van der Waals surface area contributed by atoms with E-state index in [1.165, 1.54) is 4.90 Å².